The molecule has 0 aliphatic carbocycles. The van der Waals surface area contributed by atoms with Gasteiger partial charge in [0.2, 0.25) is 0 Å². The van der Waals surface area contributed by atoms with E-state index in [0.717, 1.165) is 37.8 Å². The van der Waals surface area contributed by atoms with Gasteiger partial charge in [-0.2, -0.15) is 8.42 Å². The van der Waals surface area contributed by atoms with Gasteiger partial charge in [0.1, 0.15) is 0 Å². The van der Waals surface area contributed by atoms with Crippen LogP contribution in [0.2, 0.25) is 0 Å². The van der Waals surface area contributed by atoms with Crippen molar-refractivity contribution in [1.29, 1.82) is 0 Å². The summed E-state index contributed by atoms with van der Waals surface area (Å²) in [5, 5.41) is 0. The first-order valence-corrected chi connectivity index (χ1v) is 10.6. The van der Waals surface area contributed by atoms with Crippen LogP contribution in [0.3, 0.4) is 0 Å². The summed E-state index contributed by atoms with van der Waals surface area (Å²) in [6.07, 6.45) is 11.7. The van der Waals surface area contributed by atoms with Crippen molar-refractivity contribution < 1.29 is 12.6 Å². The van der Waals surface area contributed by atoms with Crippen molar-refractivity contribution in [3.05, 3.63) is 29.8 Å². The quantitative estimate of drug-likeness (QED) is 0.392. The Morgan fingerprint density at radius 1 is 0.792 bits per heavy atom. The van der Waals surface area contributed by atoms with Crippen molar-refractivity contribution >= 4 is 10.1 Å². The summed E-state index contributed by atoms with van der Waals surface area (Å²) >= 11 is 0. The van der Waals surface area contributed by atoms with Gasteiger partial charge in [0.05, 0.1) is 11.5 Å². The van der Waals surface area contributed by atoms with E-state index in [9.17, 15) is 8.42 Å². The van der Waals surface area contributed by atoms with Gasteiger partial charge in [-0.25, -0.2) is 0 Å². The molecule has 5 heteroatoms. The van der Waals surface area contributed by atoms with Gasteiger partial charge in [0, 0.05) is 0 Å². The highest BCUT2D eigenvalue weighted by molar-refractivity contribution is 7.86. The van der Waals surface area contributed by atoms with E-state index < -0.39 is 10.1 Å². The number of rotatable bonds is 14. The van der Waals surface area contributed by atoms with Crippen molar-refractivity contribution in [3.8, 4) is 0 Å². The average Bonchev–Trinajstić information content (AvgIpc) is 2.56. The molecule has 1 rings (SSSR count). The standard InChI is InChI=1S/C19H33NO3S/c1-18-12-14-19(15-13-18)24(21,22)23-17-11-9-7-5-3-2-4-6-8-10-16-20/h12-15H,2-11,16-17,20H2,1H3. The molecule has 0 aliphatic heterocycles. The Balaban J connectivity index is 2.01. The van der Waals surface area contributed by atoms with Crippen LogP contribution in [0.25, 0.3) is 0 Å². The van der Waals surface area contributed by atoms with Gasteiger partial charge in [0.15, 0.2) is 0 Å². The van der Waals surface area contributed by atoms with Gasteiger partial charge in [-0.15, -0.1) is 0 Å². The van der Waals surface area contributed by atoms with Crippen LogP contribution in [0.15, 0.2) is 29.2 Å². The molecule has 1 aromatic carbocycles. The molecule has 0 atom stereocenters. The molecule has 138 valence electrons. The molecule has 0 fully saturated rings. The van der Waals surface area contributed by atoms with Crippen molar-refractivity contribution in [2.75, 3.05) is 13.2 Å². The minimum atomic E-state index is -3.60. The largest absolute Gasteiger partial charge is 0.330 e. The molecule has 0 saturated carbocycles. The predicted molar refractivity (Wildman–Crippen MR) is 99.5 cm³/mol. The van der Waals surface area contributed by atoms with Crippen LogP contribution >= 0.6 is 0 Å². The first-order chi connectivity index (χ1) is 11.6. The lowest BCUT2D eigenvalue weighted by atomic mass is 10.1. The first-order valence-electron chi connectivity index (χ1n) is 9.22. The maximum Gasteiger partial charge on any atom is 0.296 e. The van der Waals surface area contributed by atoms with Crippen LogP contribution < -0.4 is 5.73 Å². The maximum absolute atomic E-state index is 12.0. The highest BCUT2D eigenvalue weighted by Crippen LogP contribution is 2.15. The highest BCUT2D eigenvalue weighted by atomic mass is 32.2. The normalized spacial score (nSPS) is 11.8. The van der Waals surface area contributed by atoms with Gasteiger partial charge in [-0.05, 0) is 38.4 Å². The molecule has 0 heterocycles. The van der Waals surface area contributed by atoms with Crippen LogP contribution in [0.5, 0.6) is 0 Å². The molecule has 0 spiro atoms. The summed E-state index contributed by atoms with van der Waals surface area (Å²) in [5.74, 6) is 0. The fourth-order valence-corrected chi connectivity index (χ4v) is 3.54. The molecule has 0 aromatic heterocycles. The molecule has 0 aliphatic rings. The monoisotopic (exact) mass is 355 g/mol. The molecular weight excluding hydrogens is 322 g/mol. The molecule has 0 amide bonds. The molecule has 0 radical (unpaired) electrons. The fraction of sp³-hybridized carbons (Fsp3) is 0.684. The summed E-state index contributed by atoms with van der Waals surface area (Å²) in [4.78, 5) is 0.239. The van der Waals surface area contributed by atoms with Crippen molar-refractivity contribution in [2.24, 2.45) is 5.73 Å². The van der Waals surface area contributed by atoms with Gasteiger partial charge in [0.25, 0.3) is 10.1 Å². The number of nitrogens with two attached hydrogens (primary N) is 1. The summed E-state index contributed by atoms with van der Waals surface area (Å²) in [7, 11) is -3.60. The molecule has 4 nitrogen and oxygen atoms in total. The van der Waals surface area contributed by atoms with E-state index in [-0.39, 0.29) is 11.5 Å². The lowest BCUT2D eigenvalue weighted by Gasteiger charge is -2.06. The summed E-state index contributed by atoms with van der Waals surface area (Å²) < 4.78 is 29.1. The zero-order valence-corrected chi connectivity index (χ0v) is 15.8. The van der Waals surface area contributed by atoms with E-state index >= 15 is 0 Å². The molecule has 2 N–H and O–H groups in total. The van der Waals surface area contributed by atoms with Gasteiger partial charge >= 0.3 is 0 Å². The van der Waals surface area contributed by atoms with Crippen LogP contribution in [0.1, 0.15) is 69.8 Å². The first kappa shape index (κ1) is 21.1. The molecule has 1 aromatic rings. The summed E-state index contributed by atoms with van der Waals surface area (Å²) in [5.41, 5.74) is 6.50. The second kappa shape index (κ2) is 12.5. The van der Waals surface area contributed by atoms with Gasteiger partial charge in [-0.3, -0.25) is 4.18 Å². The van der Waals surface area contributed by atoms with E-state index in [1.807, 2.05) is 6.92 Å². The van der Waals surface area contributed by atoms with E-state index in [1.54, 1.807) is 24.3 Å². The fourth-order valence-electron chi connectivity index (χ4n) is 2.60. The molecule has 0 saturated heterocycles. The average molecular weight is 356 g/mol. The number of benzene rings is 1. The number of aryl methyl sites for hydroxylation is 1. The van der Waals surface area contributed by atoms with Crippen LogP contribution in [-0.4, -0.2) is 21.6 Å². The lowest BCUT2D eigenvalue weighted by Crippen LogP contribution is -2.07. The maximum atomic E-state index is 12.0. The third kappa shape index (κ3) is 9.40. The van der Waals surface area contributed by atoms with E-state index in [4.69, 9.17) is 9.92 Å². The van der Waals surface area contributed by atoms with Crippen LogP contribution in [0, 0.1) is 6.92 Å². The molecule has 24 heavy (non-hydrogen) atoms. The zero-order valence-electron chi connectivity index (χ0n) is 15.0. The molecular formula is C19H33NO3S. The Bertz CT molecular complexity index is 526. The van der Waals surface area contributed by atoms with Crippen LogP contribution in [-0.2, 0) is 14.3 Å². The Morgan fingerprint density at radius 3 is 1.75 bits per heavy atom. The Morgan fingerprint density at radius 2 is 1.25 bits per heavy atom. The SMILES string of the molecule is Cc1ccc(S(=O)(=O)OCCCCCCCCCCCCN)cc1. The highest BCUT2D eigenvalue weighted by Gasteiger charge is 2.14. The van der Waals surface area contributed by atoms with Crippen molar-refractivity contribution in [1.82, 2.24) is 0 Å². The van der Waals surface area contributed by atoms with E-state index in [1.165, 1.54) is 38.5 Å². The topological polar surface area (TPSA) is 69.4 Å². The molecule has 0 unspecified atom stereocenters. The smallest absolute Gasteiger partial charge is 0.296 e. The van der Waals surface area contributed by atoms with Gasteiger partial charge in [-0.1, -0.05) is 69.1 Å². The van der Waals surface area contributed by atoms with Crippen molar-refractivity contribution in [3.63, 3.8) is 0 Å². The second-order valence-corrected chi connectivity index (χ2v) is 8.03. The van der Waals surface area contributed by atoms with Gasteiger partial charge < -0.3 is 5.73 Å². The minimum absolute atomic E-state index is 0.239. The van der Waals surface area contributed by atoms with Crippen LogP contribution in [0.4, 0.5) is 0 Å². The Hall–Kier alpha value is -0.910. The number of unbranched alkanes of at least 4 members (excludes halogenated alkanes) is 9. The summed E-state index contributed by atoms with van der Waals surface area (Å²) in [6, 6.07) is 6.76. The predicted octanol–water partition coefficient (Wildman–Crippen LogP) is 4.56. The van der Waals surface area contributed by atoms with E-state index in [0.29, 0.717) is 0 Å². The lowest BCUT2D eigenvalue weighted by molar-refractivity contribution is 0.306. The third-order valence-electron chi connectivity index (χ3n) is 4.15. The third-order valence-corrected chi connectivity index (χ3v) is 5.47. The Kier molecular flexibility index (Phi) is 11.0. The Labute approximate surface area is 147 Å². The zero-order chi connectivity index (χ0) is 17.7. The van der Waals surface area contributed by atoms with E-state index in [2.05, 4.69) is 0 Å². The number of hydrogen-bond acceptors (Lipinski definition) is 4. The summed E-state index contributed by atoms with van der Waals surface area (Å²) in [6.45, 7) is 3.01. The second-order valence-electron chi connectivity index (χ2n) is 6.41. The van der Waals surface area contributed by atoms with Crippen molar-refractivity contribution in [2.45, 2.75) is 76.0 Å². The number of hydrogen-bond donors (Lipinski definition) is 1. The molecule has 0 bridgehead atoms. The minimum Gasteiger partial charge on any atom is -0.330 e.